The lowest BCUT2D eigenvalue weighted by Gasteiger charge is -2.23. The minimum Gasteiger partial charge on any atom is -0.345 e. The van der Waals surface area contributed by atoms with Crippen LogP contribution in [0.5, 0.6) is 0 Å². The maximum Gasteiger partial charge on any atom is 0.251 e. The number of hydrogen-bond donors (Lipinski definition) is 1. The molecule has 0 fully saturated rings. The molecule has 0 spiro atoms. The van der Waals surface area contributed by atoms with Crippen molar-refractivity contribution in [1.82, 2.24) is 5.32 Å². The molecule has 0 aromatic heterocycles. The minimum atomic E-state index is -3.48. The van der Waals surface area contributed by atoms with Gasteiger partial charge in [0, 0.05) is 5.56 Å². The molecule has 1 aliphatic rings. The van der Waals surface area contributed by atoms with Gasteiger partial charge in [-0.15, -0.1) is 0 Å². The summed E-state index contributed by atoms with van der Waals surface area (Å²) in [4.78, 5) is 13.0. The van der Waals surface area contributed by atoms with E-state index in [1.54, 1.807) is 24.3 Å². The first kappa shape index (κ1) is 24.0. The summed E-state index contributed by atoms with van der Waals surface area (Å²) in [6, 6.07) is 22.7. The van der Waals surface area contributed by atoms with Crippen LogP contribution in [0.15, 0.2) is 72.8 Å². The Morgan fingerprint density at radius 3 is 2.26 bits per heavy atom. The van der Waals surface area contributed by atoms with E-state index in [-0.39, 0.29) is 18.5 Å². The lowest BCUT2D eigenvalue weighted by atomic mass is 9.88. The zero-order valence-electron chi connectivity index (χ0n) is 19.8. The summed E-state index contributed by atoms with van der Waals surface area (Å²) in [5.74, 6) is -0.162. The summed E-state index contributed by atoms with van der Waals surface area (Å²) in [5, 5.41) is 3.15. The van der Waals surface area contributed by atoms with Crippen molar-refractivity contribution in [2.45, 2.75) is 51.6 Å². The van der Waals surface area contributed by atoms with Crippen molar-refractivity contribution in [2.24, 2.45) is 0 Å². The van der Waals surface area contributed by atoms with Gasteiger partial charge in [0.05, 0.1) is 24.5 Å². The average Bonchev–Trinajstić information content (AvgIpc) is 2.85. The van der Waals surface area contributed by atoms with Crippen molar-refractivity contribution in [3.63, 3.8) is 0 Å². The van der Waals surface area contributed by atoms with E-state index in [2.05, 4.69) is 30.4 Å². The Hall–Kier alpha value is -3.12. The molecule has 1 unspecified atom stereocenters. The fourth-order valence-corrected chi connectivity index (χ4v) is 5.45. The molecule has 6 heteroatoms. The molecular weight excluding hydrogens is 444 g/mol. The van der Waals surface area contributed by atoms with Gasteiger partial charge in [0.15, 0.2) is 0 Å². The van der Waals surface area contributed by atoms with Crippen LogP contribution in [0.4, 0.5) is 5.69 Å². The number of anilines is 1. The normalized spacial score (nSPS) is 14.2. The third-order valence-corrected chi connectivity index (χ3v) is 7.62. The molecule has 3 aromatic carbocycles. The van der Waals surface area contributed by atoms with Gasteiger partial charge in [0.2, 0.25) is 10.0 Å². The highest BCUT2D eigenvalue weighted by Gasteiger charge is 2.20. The van der Waals surface area contributed by atoms with E-state index in [1.807, 2.05) is 30.3 Å². The van der Waals surface area contributed by atoms with Crippen LogP contribution in [0.1, 0.15) is 64.8 Å². The Morgan fingerprint density at radius 2 is 1.62 bits per heavy atom. The lowest BCUT2D eigenvalue weighted by molar-refractivity contribution is 0.0935. The number of sulfonamides is 1. The second-order valence-electron chi connectivity index (χ2n) is 8.97. The number of amides is 1. The summed E-state index contributed by atoms with van der Waals surface area (Å²) in [7, 11) is -3.48. The summed E-state index contributed by atoms with van der Waals surface area (Å²) < 4.78 is 26.2. The molecule has 1 amide bonds. The van der Waals surface area contributed by atoms with Crippen LogP contribution in [-0.4, -0.2) is 20.6 Å². The SMILES string of the molecule is CCC(NC(=O)c1ccc(N(Cc2ccccc2)S(C)(=O)=O)cc1)c1ccc2c(c1)CCCC2. The molecule has 3 aromatic rings. The van der Waals surface area contributed by atoms with Gasteiger partial charge in [-0.1, -0.05) is 55.5 Å². The van der Waals surface area contributed by atoms with Crippen molar-refractivity contribution in [2.75, 3.05) is 10.6 Å². The van der Waals surface area contributed by atoms with Crippen LogP contribution in [0, 0.1) is 0 Å². The van der Waals surface area contributed by atoms with Crippen molar-refractivity contribution in [1.29, 1.82) is 0 Å². The molecule has 0 bridgehead atoms. The second kappa shape index (κ2) is 10.4. The number of fused-ring (bicyclic) bond motifs is 1. The molecule has 1 atom stereocenters. The third kappa shape index (κ3) is 5.68. The monoisotopic (exact) mass is 476 g/mol. The number of benzene rings is 3. The van der Waals surface area contributed by atoms with Crippen molar-refractivity contribution in [3.8, 4) is 0 Å². The molecular formula is C28H32N2O3S. The summed E-state index contributed by atoms with van der Waals surface area (Å²) in [6.45, 7) is 2.31. The van der Waals surface area contributed by atoms with Crippen LogP contribution in [0.25, 0.3) is 0 Å². The Morgan fingerprint density at radius 1 is 0.941 bits per heavy atom. The first-order chi connectivity index (χ1) is 16.3. The van der Waals surface area contributed by atoms with E-state index in [4.69, 9.17) is 0 Å². The summed E-state index contributed by atoms with van der Waals surface area (Å²) in [5.41, 5.74) is 5.90. The van der Waals surface area contributed by atoms with Crippen molar-refractivity contribution < 1.29 is 13.2 Å². The highest BCUT2D eigenvalue weighted by atomic mass is 32.2. The average molecular weight is 477 g/mol. The van der Waals surface area contributed by atoms with Crippen molar-refractivity contribution in [3.05, 3.63) is 101 Å². The molecule has 178 valence electrons. The van der Waals surface area contributed by atoms with Gasteiger partial charge in [-0.05, 0) is 78.6 Å². The molecule has 5 nitrogen and oxygen atoms in total. The number of nitrogens with zero attached hydrogens (tertiary/aromatic N) is 1. The summed E-state index contributed by atoms with van der Waals surface area (Å²) >= 11 is 0. The maximum atomic E-state index is 13.0. The van der Waals surface area contributed by atoms with Gasteiger partial charge in [0.25, 0.3) is 5.91 Å². The molecule has 34 heavy (non-hydrogen) atoms. The fraction of sp³-hybridized carbons (Fsp3) is 0.321. The quantitative estimate of drug-likeness (QED) is 0.473. The zero-order valence-corrected chi connectivity index (χ0v) is 20.6. The van der Waals surface area contributed by atoms with E-state index >= 15 is 0 Å². The second-order valence-corrected chi connectivity index (χ2v) is 10.9. The van der Waals surface area contributed by atoms with Gasteiger partial charge in [0.1, 0.15) is 0 Å². The Balaban J connectivity index is 1.49. The largest absolute Gasteiger partial charge is 0.345 e. The molecule has 0 aliphatic heterocycles. The lowest BCUT2D eigenvalue weighted by Crippen LogP contribution is -2.30. The van der Waals surface area contributed by atoms with Gasteiger partial charge in [-0.3, -0.25) is 9.10 Å². The number of rotatable bonds is 8. The number of nitrogens with one attached hydrogen (secondary N) is 1. The Bertz CT molecular complexity index is 1240. The molecule has 1 aliphatic carbocycles. The zero-order chi connectivity index (χ0) is 24.1. The Labute approximate surface area is 202 Å². The van der Waals surface area contributed by atoms with E-state index in [0.29, 0.717) is 11.3 Å². The van der Waals surface area contributed by atoms with Crippen LogP contribution < -0.4 is 9.62 Å². The Kier molecular flexibility index (Phi) is 7.37. The smallest absolute Gasteiger partial charge is 0.251 e. The van der Waals surface area contributed by atoms with Crippen LogP contribution >= 0.6 is 0 Å². The van der Waals surface area contributed by atoms with Gasteiger partial charge >= 0.3 is 0 Å². The number of aryl methyl sites for hydroxylation is 2. The maximum absolute atomic E-state index is 13.0. The first-order valence-electron chi connectivity index (χ1n) is 11.9. The molecule has 4 rings (SSSR count). The third-order valence-electron chi connectivity index (χ3n) is 6.48. The number of carbonyl (C=O) groups is 1. The van der Waals surface area contributed by atoms with E-state index in [9.17, 15) is 13.2 Å². The molecule has 0 saturated carbocycles. The fourth-order valence-electron chi connectivity index (χ4n) is 4.56. The topological polar surface area (TPSA) is 66.5 Å². The summed E-state index contributed by atoms with van der Waals surface area (Å²) in [6.07, 6.45) is 6.70. The highest BCUT2D eigenvalue weighted by Crippen LogP contribution is 2.27. The molecule has 0 radical (unpaired) electrons. The highest BCUT2D eigenvalue weighted by molar-refractivity contribution is 7.92. The molecule has 0 heterocycles. The van der Waals surface area contributed by atoms with E-state index in [1.165, 1.54) is 34.5 Å². The van der Waals surface area contributed by atoms with Crippen LogP contribution in [0.2, 0.25) is 0 Å². The van der Waals surface area contributed by atoms with Crippen LogP contribution in [0.3, 0.4) is 0 Å². The van der Waals surface area contributed by atoms with Crippen molar-refractivity contribution >= 4 is 21.6 Å². The predicted molar refractivity (Wildman–Crippen MR) is 137 cm³/mol. The van der Waals surface area contributed by atoms with Gasteiger partial charge in [-0.25, -0.2) is 8.42 Å². The van der Waals surface area contributed by atoms with Crippen LogP contribution in [-0.2, 0) is 29.4 Å². The first-order valence-corrected chi connectivity index (χ1v) is 13.7. The number of carbonyl (C=O) groups excluding carboxylic acids is 1. The van der Waals surface area contributed by atoms with Gasteiger partial charge in [-0.2, -0.15) is 0 Å². The minimum absolute atomic E-state index is 0.0648. The molecule has 1 N–H and O–H groups in total. The molecule has 0 saturated heterocycles. The van der Waals surface area contributed by atoms with E-state index in [0.717, 1.165) is 30.4 Å². The number of hydrogen-bond acceptors (Lipinski definition) is 3. The predicted octanol–water partition coefficient (Wildman–Crippen LogP) is 5.41. The van der Waals surface area contributed by atoms with Gasteiger partial charge < -0.3 is 5.32 Å². The standard InChI is InChI=1S/C28H32N2O3S/c1-3-27(25-14-13-22-11-7-8-12-24(22)19-25)29-28(31)23-15-17-26(18-16-23)30(34(2,32)33)20-21-9-5-4-6-10-21/h4-6,9-10,13-19,27H,3,7-8,11-12,20H2,1-2H3,(H,29,31). The van der Waals surface area contributed by atoms with E-state index < -0.39 is 10.0 Å².